The number of nitrogens with one attached hydrogen (secondary N) is 1. The third kappa shape index (κ3) is 4.01. The molecule has 1 heterocycles. The Kier molecular flexibility index (Phi) is 5.05. The van der Waals surface area contributed by atoms with Crippen LogP contribution in [0.25, 0.3) is 0 Å². The van der Waals surface area contributed by atoms with Gasteiger partial charge in [0, 0.05) is 30.8 Å². The molecule has 0 aliphatic carbocycles. The maximum atomic E-state index is 12.1. The van der Waals surface area contributed by atoms with E-state index in [-0.39, 0.29) is 17.0 Å². The molecule has 0 aromatic heterocycles. The number of ether oxygens (including phenoxy) is 1. The Bertz CT molecular complexity index is 563. The summed E-state index contributed by atoms with van der Waals surface area (Å²) >= 11 is 0. The topological polar surface area (TPSA) is 119 Å². The van der Waals surface area contributed by atoms with E-state index < -0.39 is 22.5 Å². The second-order valence-corrected chi connectivity index (χ2v) is 5.12. The molecule has 1 fully saturated rings. The number of carbonyl (C=O) groups excluding carboxylic acids is 1. The van der Waals surface area contributed by atoms with Crippen LogP contribution in [0.15, 0.2) is 18.2 Å². The number of non-ortho nitro benzene ring substituents is 1. The molecule has 1 aromatic carbocycles. The normalized spacial score (nSPS) is 17.7. The molecule has 8 heteroatoms. The van der Waals surface area contributed by atoms with Gasteiger partial charge in [0.2, 0.25) is 0 Å². The van der Waals surface area contributed by atoms with Crippen LogP contribution >= 0.6 is 0 Å². The molecule has 1 aromatic rings. The number of rotatable bonds is 5. The molecule has 118 valence electrons. The van der Waals surface area contributed by atoms with Crippen molar-refractivity contribution < 1.29 is 24.4 Å². The van der Waals surface area contributed by atoms with E-state index in [0.717, 1.165) is 37.6 Å². The summed E-state index contributed by atoms with van der Waals surface area (Å²) in [6.07, 6.45) is 1.87. The van der Waals surface area contributed by atoms with Crippen LogP contribution in [-0.2, 0) is 4.74 Å². The number of amides is 1. The molecule has 22 heavy (non-hydrogen) atoms. The Balaban J connectivity index is 2.10. The SMILES string of the molecule is O=C(O)c1cc(C(=O)NCC2CCCOC2)cc([N+](=O)[O-])c1. The monoisotopic (exact) mass is 308 g/mol. The zero-order valence-electron chi connectivity index (χ0n) is 11.8. The summed E-state index contributed by atoms with van der Waals surface area (Å²) in [7, 11) is 0. The number of hydrogen-bond acceptors (Lipinski definition) is 5. The smallest absolute Gasteiger partial charge is 0.335 e. The molecule has 0 radical (unpaired) electrons. The molecule has 1 aliphatic rings. The third-order valence-electron chi connectivity index (χ3n) is 3.44. The fourth-order valence-electron chi connectivity index (χ4n) is 2.28. The van der Waals surface area contributed by atoms with Gasteiger partial charge < -0.3 is 15.2 Å². The van der Waals surface area contributed by atoms with Gasteiger partial charge in [0.05, 0.1) is 17.1 Å². The maximum absolute atomic E-state index is 12.1. The Morgan fingerprint density at radius 2 is 2.09 bits per heavy atom. The lowest BCUT2D eigenvalue weighted by Crippen LogP contribution is -2.33. The highest BCUT2D eigenvalue weighted by Crippen LogP contribution is 2.18. The van der Waals surface area contributed by atoms with Crippen molar-refractivity contribution in [3.05, 3.63) is 39.4 Å². The Morgan fingerprint density at radius 3 is 2.68 bits per heavy atom. The van der Waals surface area contributed by atoms with Gasteiger partial charge in [0.1, 0.15) is 0 Å². The van der Waals surface area contributed by atoms with Crippen molar-refractivity contribution in [1.29, 1.82) is 0 Å². The fourth-order valence-corrected chi connectivity index (χ4v) is 2.28. The van der Waals surface area contributed by atoms with Crippen molar-refractivity contribution in [3.63, 3.8) is 0 Å². The molecule has 1 atom stereocenters. The minimum Gasteiger partial charge on any atom is -0.478 e. The second kappa shape index (κ2) is 6.99. The number of aromatic carboxylic acids is 1. The highest BCUT2D eigenvalue weighted by molar-refractivity contribution is 5.98. The average Bonchev–Trinajstić information content (AvgIpc) is 2.53. The van der Waals surface area contributed by atoms with Gasteiger partial charge in [0.15, 0.2) is 0 Å². The molecule has 0 spiro atoms. The number of hydrogen-bond donors (Lipinski definition) is 2. The predicted octanol–water partition coefficient (Wildman–Crippen LogP) is 1.45. The molecule has 2 rings (SSSR count). The van der Waals surface area contributed by atoms with Crippen LogP contribution in [0.5, 0.6) is 0 Å². The number of nitrogens with zero attached hydrogens (tertiary/aromatic N) is 1. The van der Waals surface area contributed by atoms with Gasteiger partial charge in [-0.15, -0.1) is 0 Å². The summed E-state index contributed by atoms with van der Waals surface area (Å²) < 4.78 is 5.30. The minimum absolute atomic E-state index is 0.0386. The fraction of sp³-hybridized carbons (Fsp3) is 0.429. The summed E-state index contributed by atoms with van der Waals surface area (Å²) in [6, 6.07) is 3.12. The van der Waals surface area contributed by atoms with E-state index in [1.807, 2.05) is 0 Å². The summed E-state index contributed by atoms with van der Waals surface area (Å²) in [5.74, 6) is -1.65. The number of nitro groups is 1. The highest BCUT2D eigenvalue weighted by Gasteiger charge is 2.19. The quantitative estimate of drug-likeness (QED) is 0.627. The Labute approximate surface area is 126 Å². The number of benzene rings is 1. The van der Waals surface area contributed by atoms with E-state index >= 15 is 0 Å². The van der Waals surface area contributed by atoms with Crippen LogP contribution in [0.4, 0.5) is 5.69 Å². The molecule has 8 nitrogen and oxygen atoms in total. The lowest BCUT2D eigenvalue weighted by atomic mass is 10.0. The van der Waals surface area contributed by atoms with Crippen LogP contribution in [0.1, 0.15) is 33.6 Å². The van der Waals surface area contributed by atoms with Gasteiger partial charge in [-0.25, -0.2) is 4.79 Å². The average molecular weight is 308 g/mol. The zero-order valence-corrected chi connectivity index (χ0v) is 11.8. The van der Waals surface area contributed by atoms with Gasteiger partial charge in [-0.2, -0.15) is 0 Å². The number of carbonyl (C=O) groups is 2. The number of nitro benzene ring substituents is 1. The van der Waals surface area contributed by atoms with Crippen molar-refractivity contribution >= 4 is 17.6 Å². The molecule has 2 N–H and O–H groups in total. The van der Waals surface area contributed by atoms with Gasteiger partial charge in [-0.1, -0.05) is 0 Å². The van der Waals surface area contributed by atoms with Gasteiger partial charge in [-0.3, -0.25) is 14.9 Å². The summed E-state index contributed by atoms with van der Waals surface area (Å²) in [6.45, 7) is 1.68. The lowest BCUT2D eigenvalue weighted by Gasteiger charge is -2.22. The highest BCUT2D eigenvalue weighted by atomic mass is 16.6. The molecule has 1 amide bonds. The molecule has 0 bridgehead atoms. The summed E-state index contributed by atoms with van der Waals surface area (Å²) in [4.78, 5) is 33.2. The standard InChI is InChI=1S/C14H16N2O6/c17-13(15-7-9-2-1-3-22-8-9)10-4-11(14(18)19)6-12(5-10)16(20)21/h4-6,9H,1-3,7-8H2,(H,15,17)(H,18,19). The first-order valence-electron chi connectivity index (χ1n) is 6.86. The van der Waals surface area contributed by atoms with Gasteiger partial charge >= 0.3 is 5.97 Å². The van der Waals surface area contributed by atoms with Crippen molar-refractivity contribution in [3.8, 4) is 0 Å². The number of carboxylic acid groups (broad SMARTS) is 1. The molecule has 1 saturated heterocycles. The van der Waals surface area contributed by atoms with Crippen molar-refractivity contribution in [2.24, 2.45) is 5.92 Å². The molecule has 1 unspecified atom stereocenters. The number of carboxylic acids is 1. The molecular weight excluding hydrogens is 292 g/mol. The van der Waals surface area contributed by atoms with Crippen molar-refractivity contribution in [1.82, 2.24) is 5.32 Å². The maximum Gasteiger partial charge on any atom is 0.335 e. The largest absolute Gasteiger partial charge is 0.478 e. The summed E-state index contributed by atoms with van der Waals surface area (Å²) in [5, 5.41) is 22.4. The van der Waals surface area contributed by atoms with Crippen LogP contribution in [0.3, 0.4) is 0 Å². The Hall–Kier alpha value is -2.48. The first kappa shape index (κ1) is 15.9. The molecule has 1 aliphatic heterocycles. The van der Waals surface area contributed by atoms with E-state index in [4.69, 9.17) is 9.84 Å². The van der Waals surface area contributed by atoms with E-state index in [2.05, 4.69) is 5.32 Å². The van der Waals surface area contributed by atoms with Crippen molar-refractivity contribution in [2.75, 3.05) is 19.8 Å². The van der Waals surface area contributed by atoms with Gasteiger partial charge in [-0.05, 0) is 24.8 Å². The minimum atomic E-state index is -1.32. The lowest BCUT2D eigenvalue weighted by molar-refractivity contribution is -0.384. The van der Waals surface area contributed by atoms with Crippen molar-refractivity contribution in [2.45, 2.75) is 12.8 Å². The summed E-state index contributed by atoms with van der Waals surface area (Å²) in [5.41, 5.74) is -0.755. The van der Waals surface area contributed by atoms with E-state index in [9.17, 15) is 19.7 Å². The van der Waals surface area contributed by atoms with Crippen LogP contribution in [-0.4, -0.2) is 41.7 Å². The molecular formula is C14H16N2O6. The first-order valence-corrected chi connectivity index (χ1v) is 6.86. The van der Waals surface area contributed by atoms with E-state index in [0.29, 0.717) is 13.2 Å². The van der Waals surface area contributed by atoms with E-state index in [1.54, 1.807) is 0 Å². The Morgan fingerprint density at radius 1 is 1.36 bits per heavy atom. The van der Waals surface area contributed by atoms with Gasteiger partial charge in [0.25, 0.3) is 11.6 Å². The zero-order chi connectivity index (χ0) is 16.1. The molecule has 0 saturated carbocycles. The van der Waals surface area contributed by atoms with Crippen LogP contribution < -0.4 is 5.32 Å². The third-order valence-corrected chi connectivity index (χ3v) is 3.44. The first-order chi connectivity index (χ1) is 10.5. The second-order valence-electron chi connectivity index (χ2n) is 5.12. The van der Waals surface area contributed by atoms with Crippen LogP contribution in [0.2, 0.25) is 0 Å². The van der Waals surface area contributed by atoms with E-state index in [1.165, 1.54) is 0 Å². The predicted molar refractivity (Wildman–Crippen MR) is 75.9 cm³/mol. The van der Waals surface area contributed by atoms with Crippen LogP contribution in [0, 0.1) is 16.0 Å².